The molecule has 0 aliphatic carbocycles. The number of amides is 1. The third-order valence-corrected chi connectivity index (χ3v) is 3.01. The zero-order chi connectivity index (χ0) is 13.7. The molecule has 0 aromatic carbocycles. The normalized spacial score (nSPS) is 20.0. The van der Waals surface area contributed by atoms with E-state index in [2.05, 4.69) is 20.6 Å². The maximum absolute atomic E-state index is 11.9. The van der Waals surface area contributed by atoms with Crippen molar-refractivity contribution in [3.63, 3.8) is 0 Å². The number of hydrazine groups is 1. The fourth-order valence-corrected chi connectivity index (χ4v) is 1.91. The second kappa shape index (κ2) is 6.46. The lowest BCUT2D eigenvalue weighted by Crippen LogP contribution is -2.45. The molecule has 7 heteroatoms. The van der Waals surface area contributed by atoms with Gasteiger partial charge in [-0.2, -0.15) is 0 Å². The van der Waals surface area contributed by atoms with Gasteiger partial charge in [-0.3, -0.25) is 4.79 Å². The van der Waals surface area contributed by atoms with Gasteiger partial charge in [-0.05, 0) is 19.2 Å². The number of likely N-dealkylation sites (N-methyl/N-ethyl adjacent to an activating group) is 1. The number of ether oxygens (including phenoxy) is 1. The van der Waals surface area contributed by atoms with Gasteiger partial charge < -0.3 is 20.4 Å². The topological polar surface area (TPSA) is 92.5 Å². The predicted molar refractivity (Wildman–Crippen MR) is 71.6 cm³/mol. The van der Waals surface area contributed by atoms with Gasteiger partial charge in [-0.15, -0.1) is 0 Å². The Morgan fingerprint density at radius 1 is 1.63 bits per heavy atom. The molecule has 1 unspecified atom stereocenters. The number of anilines is 1. The number of morpholine rings is 1. The molecular formula is C12H19N5O2. The Hall–Kier alpha value is -1.70. The molecule has 1 fully saturated rings. The first-order valence-corrected chi connectivity index (χ1v) is 6.20. The van der Waals surface area contributed by atoms with E-state index in [-0.39, 0.29) is 12.0 Å². The molecule has 0 radical (unpaired) electrons. The van der Waals surface area contributed by atoms with Crippen LogP contribution in [0.15, 0.2) is 18.3 Å². The Balaban J connectivity index is 1.83. The second-order valence-electron chi connectivity index (χ2n) is 4.54. The minimum absolute atomic E-state index is 0.0423. The molecular weight excluding hydrogens is 246 g/mol. The highest BCUT2D eigenvalue weighted by Gasteiger charge is 2.18. The number of nitrogens with zero attached hydrogens (tertiary/aromatic N) is 2. The van der Waals surface area contributed by atoms with Crippen molar-refractivity contribution >= 4 is 11.7 Å². The fourth-order valence-electron chi connectivity index (χ4n) is 1.91. The summed E-state index contributed by atoms with van der Waals surface area (Å²) in [5.41, 5.74) is 2.92. The molecule has 1 amide bonds. The molecule has 2 rings (SSSR count). The van der Waals surface area contributed by atoms with Gasteiger partial charge in [-0.1, -0.05) is 0 Å². The van der Waals surface area contributed by atoms with Gasteiger partial charge in [-0.25, -0.2) is 10.8 Å². The standard InChI is InChI=1S/C12H19N5O2/c1-17-4-5-19-10(8-17)7-15-12(18)9-2-3-11(16-13)14-6-9/h2-3,6,10H,4-5,7-8,13H2,1H3,(H,14,16)(H,15,18). The van der Waals surface area contributed by atoms with Crippen molar-refractivity contribution in [3.05, 3.63) is 23.9 Å². The third kappa shape index (κ3) is 3.88. The van der Waals surface area contributed by atoms with Crippen molar-refractivity contribution in [3.8, 4) is 0 Å². The number of carbonyl (C=O) groups excluding carboxylic acids is 1. The summed E-state index contributed by atoms with van der Waals surface area (Å²) in [4.78, 5) is 18.1. The minimum atomic E-state index is -0.159. The van der Waals surface area contributed by atoms with E-state index < -0.39 is 0 Å². The van der Waals surface area contributed by atoms with Crippen molar-refractivity contribution in [2.24, 2.45) is 5.84 Å². The number of nitrogens with one attached hydrogen (secondary N) is 2. The fraction of sp³-hybridized carbons (Fsp3) is 0.500. The Morgan fingerprint density at radius 3 is 3.11 bits per heavy atom. The Bertz CT molecular complexity index is 423. The first-order chi connectivity index (χ1) is 9.19. The minimum Gasteiger partial charge on any atom is -0.374 e. The Morgan fingerprint density at radius 2 is 2.47 bits per heavy atom. The monoisotopic (exact) mass is 265 g/mol. The highest BCUT2D eigenvalue weighted by Crippen LogP contribution is 2.05. The summed E-state index contributed by atoms with van der Waals surface area (Å²) in [6, 6.07) is 3.32. The lowest BCUT2D eigenvalue weighted by Gasteiger charge is -2.30. The molecule has 2 heterocycles. The highest BCUT2D eigenvalue weighted by atomic mass is 16.5. The van der Waals surface area contributed by atoms with Gasteiger partial charge >= 0.3 is 0 Å². The summed E-state index contributed by atoms with van der Waals surface area (Å²) in [6.45, 7) is 2.96. The molecule has 4 N–H and O–H groups in total. The van der Waals surface area contributed by atoms with E-state index in [0.29, 0.717) is 24.5 Å². The number of hydrogen-bond acceptors (Lipinski definition) is 6. The summed E-state index contributed by atoms with van der Waals surface area (Å²) in [7, 11) is 2.04. The van der Waals surface area contributed by atoms with Crippen LogP contribution in [-0.4, -0.2) is 55.2 Å². The first kappa shape index (κ1) is 13.7. The highest BCUT2D eigenvalue weighted by molar-refractivity contribution is 5.94. The number of hydrogen-bond donors (Lipinski definition) is 3. The molecule has 1 atom stereocenters. The average Bonchev–Trinajstić information content (AvgIpc) is 2.45. The Labute approximate surface area is 112 Å². The van der Waals surface area contributed by atoms with Crippen molar-refractivity contribution in [1.29, 1.82) is 0 Å². The van der Waals surface area contributed by atoms with Crippen LogP contribution in [-0.2, 0) is 4.74 Å². The SMILES string of the molecule is CN1CCOC(CNC(=O)c2ccc(NN)nc2)C1. The maximum Gasteiger partial charge on any atom is 0.252 e. The van der Waals surface area contributed by atoms with E-state index in [1.54, 1.807) is 12.1 Å². The molecule has 1 aliphatic heterocycles. The number of aromatic nitrogens is 1. The molecule has 0 saturated carbocycles. The lowest BCUT2D eigenvalue weighted by atomic mass is 10.2. The van der Waals surface area contributed by atoms with Gasteiger partial charge in [0.2, 0.25) is 0 Å². The third-order valence-electron chi connectivity index (χ3n) is 3.01. The quantitative estimate of drug-likeness (QED) is 0.498. The summed E-state index contributed by atoms with van der Waals surface area (Å²) in [5, 5.41) is 2.84. The van der Waals surface area contributed by atoms with Crippen LogP contribution in [0.25, 0.3) is 0 Å². The van der Waals surface area contributed by atoms with E-state index in [9.17, 15) is 4.79 Å². The van der Waals surface area contributed by atoms with E-state index in [0.717, 1.165) is 13.1 Å². The van der Waals surface area contributed by atoms with Crippen molar-refractivity contribution < 1.29 is 9.53 Å². The maximum atomic E-state index is 11.9. The number of pyridine rings is 1. The largest absolute Gasteiger partial charge is 0.374 e. The van der Waals surface area contributed by atoms with Gasteiger partial charge in [0.25, 0.3) is 5.91 Å². The van der Waals surface area contributed by atoms with Crippen LogP contribution in [0.5, 0.6) is 0 Å². The van der Waals surface area contributed by atoms with Gasteiger partial charge in [0.1, 0.15) is 5.82 Å². The van der Waals surface area contributed by atoms with E-state index >= 15 is 0 Å². The zero-order valence-electron chi connectivity index (χ0n) is 10.9. The summed E-state index contributed by atoms with van der Waals surface area (Å²) >= 11 is 0. The Kier molecular flexibility index (Phi) is 4.67. The van der Waals surface area contributed by atoms with Gasteiger partial charge in [0, 0.05) is 25.8 Å². The molecule has 0 spiro atoms. The van der Waals surface area contributed by atoms with Crippen LogP contribution in [0.1, 0.15) is 10.4 Å². The molecule has 0 bridgehead atoms. The van der Waals surface area contributed by atoms with Gasteiger partial charge in [0.05, 0.1) is 18.3 Å². The smallest absolute Gasteiger partial charge is 0.252 e. The van der Waals surface area contributed by atoms with E-state index in [1.165, 1.54) is 6.20 Å². The summed E-state index contributed by atoms with van der Waals surface area (Å²) in [5.74, 6) is 5.57. The van der Waals surface area contributed by atoms with Crippen LogP contribution < -0.4 is 16.6 Å². The number of rotatable bonds is 4. The van der Waals surface area contributed by atoms with Gasteiger partial charge in [0.15, 0.2) is 0 Å². The van der Waals surface area contributed by atoms with Crippen LogP contribution in [0, 0.1) is 0 Å². The summed E-state index contributed by atoms with van der Waals surface area (Å²) < 4.78 is 5.57. The molecule has 104 valence electrons. The zero-order valence-corrected chi connectivity index (χ0v) is 10.9. The van der Waals surface area contributed by atoms with Crippen LogP contribution in [0.3, 0.4) is 0 Å². The van der Waals surface area contributed by atoms with Crippen molar-refractivity contribution in [2.75, 3.05) is 38.7 Å². The lowest BCUT2D eigenvalue weighted by molar-refractivity contribution is -0.0175. The van der Waals surface area contributed by atoms with E-state index in [4.69, 9.17) is 10.6 Å². The molecule has 19 heavy (non-hydrogen) atoms. The second-order valence-corrected chi connectivity index (χ2v) is 4.54. The molecule has 1 aromatic rings. The first-order valence-electron chi connectivity index (χ1n) is 6.20. The average molecular weight is 265 g/mol. The molecule has 1 saturated heterocycles. The van der Waals surface area contributed by atoms with Crippen molar-refractivity contribution in [1.82, 2.24) is 15.2 Å². The van der Waals surface area contributed by atoms with Crippen molar-refractivity contribution in [2.45, 2.75) is 6.10 Å². The molecule has 1 aromatic heterocycles. The van der Waals surface area contributed by atoms with Crippen LogP contribution in [0.4, 0.5) is 5.82 Å². The number of nitrogen functional groups attached to an aromatic ring is 1. The number of carbonyl (C=O) groups is 1. The predicted octanol–water partition coefficient (Wildman–Crippen LogP) is -0.572. The van der Waals surface area contributed by atoms with Crippen LogP contribution >= 0.6 is 0 Å². The van der Waals surface area contributed by atoms with E-state index in [1.807, 2.05) is 7.05 Å². The molecule has 7 nitrogen and oxygen atoms in total. The van der Waals surface area contributed by atoms with Crippen LogP contribution in [0.2, 0.25) is 0 Å². The summed E-state index contributed by atoms with van der Waals surface area (Å²) in [6.07, 6.45) is 1.53. The number of nitrogens with two attached hydrogens (primary N) is 1. The molecule has 1 aliphatic rings.